The van der Waals surface area contributed by atoms with E-state index in [1.165, 1.54) is 12.1 Å². The lowest BCUT2D eigenvalue weighted by Crippen LogP contribution is -2.46. The lowest BCUT2D eigenvalue weighted by atomic mass is 10.1. The molecule has 150 valence electrons. The molecule has 2 aliphatic heterocycles. The van der Waals surface area contributed by atoms with Crippen molar-refractivity contribution in [3.8, 4) is 17.2 Å². The number of rotatable bonds is 4. The van der Waals surface area contributed by atoms with Gasteiger partial charge in [-0.25, -0.2) is 0 Å². The Balaban J connectivity index is 1.18. The van der Waals surface area contributed by atoms with Gasteiger partial charge in [-0.3, -0.25) is 4.90 Å². The van der Waals surface area contributed by atoms with E-state index in [-0.39, 0.29) is 5.75 Å². The molecule has 3 aromatic carbocycles. The Bertz CT molecular complexity index is 1210. The van der Waals surface area contributed by atoms with Crippen molar-refractivity contribution in [3.63, 3.8) is 0 Å². The number of anilines is 1. The Hall–Kier alpha value is -3.38. The summed E-state index contributed by atoms with van der Waals surface area (Å²) < 4.78 is 5.97. The van der Waals surface area contributed by atoms with Crippen LogP contribution in [0.25, 0.3) is 22.2 Å². The Morgan fingerprint density at radius 1 is 0.933 bits per heavy atom. The zero-order chi connectivity index (χ0) is 20.1. The SMILES string of the molecule is Oc1cc(-c2nnc(CN3C[C@@H]4C[C@H]3CN4c3ccccc3)o2)cc2ccccc12. The summed E-state index contributed by atoms with van der Waals surface area (Å²) in [5, 5.41) is 20.6. The summed E-state index contributed by atoms with van der Waals surface area (Å²) in [4.78, 5) is 4.96. The molecule has 0 amide bonds. The third-order valence-corrected chi connectivity index (χ3v) is 6.33. The molecular weight excluding hydrogens is 376 g/mol. The Morgan fingerprint density at radius 3 is 2.60 bits per heavy atom. The van der Waals surface area contributed by atoms with Crippen molar-refractivity contribution in [1.82, 2.24) is 15.1 Å². The van der Waals surface area contributed by atoms with Gasteiger partial charge in [0, 0.05) is 41.8 Å². The van der Waals surface area contributed by atoms with Crippen LogP contribution in [0.1, 0.15) is 12.3 Å². The van der Waals surface area contributed by atoms with Gasteiger partial charge in [-0.15, -0.1) is 10.2 Å². The van der Waals surface area contributed by atoms with Gasteiger partial charge in [-0.05, 0) is 36.1 Å². The number of nitrogens with zero attached hydrogens (tertiary/aromatic N) is 4. The number of piperazine rings is 1. The highest BCUT2D eigenvalue weighted by Gasteiger charge is 2.43. The van der Waals surface area contributed by atoms with Crippen LogP contribution < -0.4 is 4.90 Å². The molecule has 6 nitrogen and oxygen atoms in total. The Labute approximate surface area is 174 Å². The van der Waals surface area contributed by atoms with Gasteiger partial charge in [0.15, 0.2) is 0 Å². The maximum absolute atomic E-state index is 10.3. The van der Waals surface area contributed by atoms with Gasteiger partial charge in [0.1, 0.15) is 5.75 Å². The largest absolute Gasteiger partial charge is 0.507 e. The average molecular weight is 398 g/mol. The normalized spacial score (nSPS) is 21.0. The van der Waals surface area contributed by atoms with Crippen LogP contribution in [0.5, 0.6) is 5.75 Å². The fourth-order valence-electron chi connectivity index (χ4n) is 4.90. The summed E-state index contributed by atoms with van der Waals surface area (Å²) in [5.74, 6) is 1.29. The monoisotopic (exact) mass is 398 g/mol. The molecular formula is C24H22N4O2. The summed E-state index contributed by atoms with van der Waals surface area (Å²) in [6, 6.07) is 23.1. The molecule has 0 aliphatic carbocycles. The van der Waals surface area contributed by atoms with E-state index in [1.54, 1.807) is 6.07 Å². The van der Waals surface area contributed by atoms with E-state index >= 15 is 0 Å². The molecule has 2 atom stereocenters. The number of benzene rings is 3. The maximum Gasteiger partial charge on any atom is 0.247 e. The Kier molecular flexibility index (Phi) is 3.99. The summed E-state index contributed by atoms with van der Waals surface area (Å²) in [7, 11) is 0. The maximum atomic E-state index is 10.3. The van der Waals surface area contributed by atoms with E-state index in [9.17, 15) is 5.11 Å². The highest BCUT2D eigenvalue weighted by Crippen LogP contribution is 2.36. The second-order valence-electron chi connectivity index (χ2n) is 8.18. The molecule has 6 heteroatoms. The molecule has 30 heavy (non-hydrogen) atoms. The molecule has 3 heterocycles. The Morgan fingerprint density at radius 2 is 1.77 bits per heavy atom. The number of fused-ring (bicyclic) bond motifs is 3. The molecule has 2 fully saturated rings. The van der Waals surface area contributed by atoms with Gasteiger partial charge in [-0.1, -0.05) is 42.5 Å². The second kappa shape index (κ2) is 6.85. The minimum Gasteiger partial charge on any atom is -0.507 e. The number of phenols is 1. The number of hydrogen-bond donors (Lipinski definition) is 1. The molecule has 2 bridgehead atoms. The van der Waals surface area contributed by atoms with Gasteiger partial charge in [0.2, 0.25) is 11.8 Å². The zero-order valence-electron chi connectivity index (χ0n) is 16.5. The van der Waals surface area contributed by atoms with E-state index in [0.717, 1.165) is 29.4 Å². The van der Waals surface area contributed by atoms with Crippen molar-refractivity contribution < 1.29 is 9.52 Å². The fourth-order valence-corrected chi connectivity index (χ4v) is 4.90. The van der Waals surface area contributed by atoms with Gasteiger partial charge >= 0.3 is 0 Å². The molecule has 4 aromatic rings. The molecule has 6 rings (SSSR count). The van der Waals surface area contributed by atoms with Crippen LogP contribution in [0, 0.1) is 0 Å². The van der Waals surface area contributed by atoms with E-state index < -0.39 is 0 Å². The fraction of sp³-hybridized carbons (Fsp3) is 0.250. The predicted octanol–water partition coefficient (Wildman–Crippen LogP) is 4.06. The average Bonchev–Trinajstić information content (AvgIpc) is 3.51. The first-order chi connectivity index (χ1) is 14.7. The minimum absolute atomic E-state index is 0.223. The van der Waals surface area contributed by atoms with Crippen LogP contribution in [0.3, 0.4) is 0 Å². The smallest absolute Gasteiger partial charge is 0.247 e. The number of para-hydroxylation sites is 1. The van der Waals surface area contributed by atoms with Crippen LogP contribution in [-0.2, 0) is 6.54 Å². The zero-order valence-corrected chi connectivity index (χ0v) is 16.5. The number of aromatic nitrogens is 2. The lowest BCUT2D eigenvalue weighted by Gasteiger charge is -2.34. The number of phenolic OH excluding ortho intramolecular Hbond substituents is 1. The highest BCUT2D eigenvalue weighted by molar-refractivity contribution is 5.91. The summed E-state index contributed by atoms with van der Waals surface area (Å²) in [6.07, 6.45) is 1.18. The van der Waals surface area contributed by atoms with Gasteiger partial charge in [-0.2, -0.15) is 0 Å². The highest BCUT2D eigenvalue weighted by atomic mass is 16.4. The van der Waals surface area contributed by atoms with Gasteiger partial charge in [0.25, 0.3) is 0 Å². The molecule has 0 unspecified atom stereocenters. The summed E-state index contributed by atoms with van der Waals surface area (Å²) >= 11 is 0. The number of likely N-dealkylation sites (tertiary alicyclic amines) is 1. The molecule has 2 saturated heterocycles. The van der Waals surface area contributed by atoms with Crippen molar-refractivity contribution in [2.24, 2.45) is 0 Å². The summed E-state index contributed by atoms with van der Waals surface area (Å²) in [5.41, 5.74) is 2.05. The van der Waals surface area contributed by atoms with E-state index in [1.807, 2.05) is 30.3 Å². The van der Waals surface area contributed by atoms with Crippen molar-refractivity contribution >= 4 is 16.5 Å². The van der Waals surface area contributed by atoms with E-state index in [2.05, 4.69) is 50.3 Å². The van der Waals surface area contributed by atoms with Crippen LogP contribution >= 0.6 is 0 Å². The van der Waals surface area contributed by atoms with Crippen molar-refractivity contribution in [3.05, 3.63) is 72.6 Å². The molecule has 0 spiro atoms. The topological polar surface area (TPSA) is 65.6 Å². The van der Waals surface area contributed by atoms with Crippen LogP contribution in [0.15, 0.2) is 71.1 Å². The third kappa shape index (κ3) is 2.92. The predicted molar refractivity (Wildman–Crippen MR) is 115 cm³/mol. The lowest BCUT2D eigenvalue weighted by molar-refractivity contribution is 0.209. The van der Waals surface area contributed by atoms with Gasteiger partial charge < -0.3 is 14.4 Å². The minimum atomic E-state index is 0.223. The first-order valence-electron chi connectivity index (χ1n) is 10.3. The van der Waals surface area contributed by atoms with Crippen LogP contribution in [-0.4, -0.2) is 45.4 Å². The molecule has 1 N–H and O–H groups in total. The number of hydrogen-bond acceptors (Lipinski definition) is 6. The molecule has 2 aliphatic rings. The molecule has 0 saturated carbocycles. The van der Waals surface area contributed by atoms with Crippen LogP contribution in [0.2, 0.25) is 0 Å². The van der Waals surface area contributed by atoms with E-state index in [0.29, 0.717) is 30.4 Å². The standard InChI is InChI=1S/C24H22N4O2/c29-22-11-17(10-16-6-4-5-9-21(16)22)24-26-25-23(30-24)15-27-13-20-12-19(27)14-28(20)18-7-2-1-3-8-18/h1-11,19-20,29H,12-15H2/t19-,20-/m0/s1. The first-order valence-corrected chi connectivity index (χ1v) is 10.3. The molecule has 1 aromatic heterocycles. The third-order valence-electron chi connectivity index (χ3n) is 6.33. The molecule has 0 radical (unpaired) electrons. The van der Waals surface area contributed by atoms with E-state index in [4.69, 9.17) is 4.42 Å². The van der Waals surface area contributed by atoms with Crippen LogP contribution in [0.4, 0.5) is 5.69 Å². The first kappa shape index (κ1) is 17.5. The summed E-state index contributed by atoms with van der Waals surface area (Å²) in [6.45, 7) is 2.71. The second-order valence-corrected chi connectivity index (χ2v) is 8.18. The van der Waals surface area contributed by atoms with Gasteiger partial charge in [0.05, 0.1) is 6.54 Å². The van der Waals surface area contributed by atoms with Crippen molar-refractivity contribution in [2.75, 3.05) is 18.0 Å². The van der Waals surface area contributed by atoms with Crippen molar-refractivity contribution in [2.45, 2.75) is 25.0 Å². The van der Waals surface area contributed by atoms with Crippen molar-refractivity contribution in [1.29, 1.82) is 0 Å². The number of aromatic hydroxyl groups is 1. The quantitative estimate of drug-likeness (QED) is 0.559.